The van der Waals surface area contributed by atoms with Crippen LogP contribution in [0.4, 0.5) is 18.9 Å². The maximum absolute atomic E-state index is 12.8. The van der Waals surface area contributed by atoms with Crippen molar-refractivity contribution in [3.63, 3.8) is 0 Å². The summed E-state index contributed by atoms with van der Waals surface area (Å²) in [4.78, 5) is 14.5. The van der Waals surface area contributed by atoms with E-state index in [1.165, 1.54) is 12.1 Å². The minimum absolute atomic E-state index is 0.148. The zero-order valence-electron chi connectivity index (χ0n) is 13.2. The second-order valence-electron chi connectivity index (χ2n) is 6.33. The molecule has 2 aromatic rings. The Balaban J connectivity index is 1.76. The first-order valence-corrected chi connectivity index (χ1v) is 7.99. The lowest BCUT2D eigenvalue weighted by Crippen LogP contribution is -2.49. The lowest BCUT2D eigenvalue weighted by atomic mass is 9.90. The molecule has 0 unspecified atom stereocenters. The molecule has 4 rings (SSSR count). The van der Waals surface area contributed by atoms with E-state index < -0.39 is 17.9 Å². The molecule has 0 aromatic heterocycles. The van der Waals surface area contributed by atoms with Crippen molar-refractivity contribution in [3.8, 4) is 0 Å². The van der Waals surface area contributed by atoms with Crippen LogP contribution in [-0.4, -0.2) is 12.5 Å². The number of amides is 1. The van der Waals surface area contributed by atoms with Crippen molar-refractivity contribution in [2.45, 2.75) is 24.8 Å². The summed E-state index contributed by atoms with van der Waals surface area (Å²) in [5.41, 5.74) is 8.31. The van der Waals surface area contributed by atoms with Crippen molar-refractivity contribution in [2.75, 3.05) is 11.4 Å². The van der Waals surface area contributed by atoms with Crippen LogP contribution in [0.25, 0.3) is 0 Å². The van der Waals surface area contributed by atoms with Crippen molar-refractivity contribution < 1.29 is 18.0 Å². The summed E-state index contributed by atoms with van der Waals surface area (Å²) in [7, 11) is 0. The van der Waals surface area contributed by atoms with Gasteiger partial charge >= 0.3 is 6.18 Å². The van der Waals surface area contributed by atoms with Crippen LogP contribution in [0.15, 0.2) is 42.5 Å². The summed E-state index contributed by atoms with van der Waals surface area (Å²) in [6.07, 6.45) is -4.17. The van der Waals surface area contributed by atoms with Crippen molar-refractivity contribution in [1.29, 1.82) is 0 Å². The molecule has 25 heavy (non-hydrogen) atoms. The zero-order valence-corrected chi connectivity index (χ0v) is 13.2. The van der Waals surface area contributed by atoms with Crippen LogP contribution >= 0.6 is 0 Å². The molecule has 0 aliphatic carbocycles. The summed E-state index contributed by atoms with van der Waals surface area (Å²) in [5, 5.41) is 2.89. The number of carbonyl (C=O) groups excluding carboxylic acids is 1. The molecule has 1 amide bonds. The summed E-state index contributed by atoms with van der Waals surface area (Å²) >= 11 is 0. The molecule has 0 spiro atoms. The number of alkyl halides is 3. The maximum Gasteiger partial charge on any atom is 0.416 e. The zero-order chi connectivity index (χ0) is 17.8. The largest absolute Gasteiger partial charge is 0.416 e. The van der Waals surface area contributed by atoms with E-state index in [2.05, 4.69) is 5.32 Å². The third kappa shape index (κ3) is 2.55. The molecule has 0 bridgehead atoms. The Morgan fingerprint density at radius 2 is 1.84 bits per heavy atom. The molecular weight excluding hydrogens is 331 g/mol. The first-order valence-electron chi connectivity index (χ1n) is 7.99. The number of benzene rings is 2. The van der Waals surface area contributed by atoms with E-state index in [-0.39, 0.29) is 11.9 Å². The number of nitrogens with zero attached hydrogens (tertiary/aromatic N) is 1. The number of rotatable bonds is 1. The highest BCUT2D eigenvalue weighted by Gasteiger charge is 2.37. The maximum atomic E-state index is 12.8. The van der Waals surface area contributed by atoms with Gasteiger partial charge in [0, 0.05) is 12.6 Å². The number of nitrogens with two attached hydrogens (primary N) is 1. The summed E-state index contributed by atoms with van der Waals surface area (Å²) in [5.74, 6) is -0.243. The lowest BCUT2D eigenvalue weighted by Gasteiger charge is -2.44. The fraction of sp³-hybridized carbons (Fsp3) is 0.278. The molecule has 4 nitrogen and oxygen atoms in total. The van der Waals surface area contributed by atoms with E-state index in [1.54, 1.807) is 12.1 Å². The Morgan fingerprint density at radius 3 is 2.52 bits per heavy atom. The van der Waals surface area contributed by atoms with Gasteiger partial charge < -0.3 is 16.0 Å². The van der Waals surface area contributed by atoms with Gasteiger partial charge in [-0.05, 0) is 35.7 Å². The Labute approximate surface area is 142 Å². The van der Waals surface area contributed by atoms with Crippen LogP contribution < -0.4 is 16.0 Å². The number of carbonyl (C=O) groups is 1. The quantitative estimate of drug-likeness (QED) is 0.832. The summed E-state index contributed by atoms with van der Waals surface area (Å²) in [6, 6.07) is 10.2. The summed E-state index contributed by atoms with van der Waals surface area (Å²) in [6.45, 7) is 0.622. The Hall–Kier alpha value is -2.54. The highest BCUT2D eigenvalue weighted by Crippen LogP contribution is 2.42. The van der Waals surface area contributed by atoms with Crippen molar-refractivity contribution in [2.24, 2.45) is 5.73 Å². The van der Waals surface area contributed by atoms with Gasteiger partial charge in [-0.15, -0.1) is 0 Å². The predicted octanol–water partition coefficient (Wildman–Crippen LogP) is 3.36. The Morgan fingerprint density at radius 1 is 1.12 bits per heavy atom. The smallest absolute Gasteiger partial charge is 0.346 e. The minimum atomic E-state index is -4.38. The Bertz CT molecular complexity index is 832. The lowest BCUT2D eigenvalue weighted by molar-refractivity contribution is -0.137. The fourth-order valence-electron chi connectivity index (χ4n) is 3.57. The number of nitrogens with one attached hydrogen (secondary N) is 1. The normalized spacial score (nSPS) is 22.4. The molecule has 0 radical (unpaired) electrons. The molecule has 2 aromatic carbocycles. The van der Waals surface area contributed by atoms with E-state index in [4.69, 9.17) is 5.73 Å². The molecule has 2 aliphatic heterocycles. The number of para-hydroxylation sites is 1. The molecule has 0 fully saturated rings. The van der Waals surface area contributed by atoms with Crippen LogP contribution in [0.1, 0.15) is 45.7 Å². The van der Waals surface area contributed by atoms with Crippen molar-refractivity contribution in [1.82, 2.24) is 5.32 Å². The average molecular weight is 347 g/mol. The van der Waals surface area contributed by atoms with Crippen LogP contribution in [0.3, 0.4) is 0 Å². The van der Waals surface area contributed by atoms with Gasteiger partial charge in [0.1, 0.15) is 6.17 Å². The minimum Gasteiger partial charge on any atom is -0.346 e. The summed E-state index contributed by atoms with van der Waals surface area (Å²) < 4.78 is 38.3. The second-order valence-corrected chi connectivity index (χ2v) is 6.33. The van der Waals surface area contributed by atoms with Gasteiger partial charge in [-0.1, -0.05) is 24.3 Å². The molecule has 0 saturated carbocycles. The molecule has 2 heterocycles. The highest BCUT2D eigenvalue weighted by molar-refractivity contribution is 6.03. The van der Waals surface area contributed by atoms with Gasteiger partial charge in [0.25, 0.3) is 5.91 Å². The third-order valence-corrected chi connectivity index (χ3v) is 4.81. The van der Waals surface area contributed by atoms with E-state index in [0.717, 1.165) is 23.4 Å². The third-order valence-electron chi connectivity index (χ3n) is 4.81. The highest BCUT2D eigenvalue weighted by atomic mass is 19.4. The van der Waals surface area contributed by atoms with Gasteiger partial charge in [-0.25, -0.2) is 0 Å². The van der Waals surface area contributed by atoms with Gasteiger partial charge in [0.15, 0.2) is 0 Å². The van der Waals surface area contributed by atoms with Gasteiger partial charge in [-0.2, -0.15) is 13.2 Å². The Kier molecular flexibility index (Phi) is 3.50. The number of halogens is 3. The standard InChI is InChI=1S/C18H16F3N3O/c19-18(20,21)11-6-4-10(5-7-11)16-23-17(25)13-3-1-2-12-14(22)8-9-24(16)15(12)13/h1-7,14,16H,8-9,22H2,(H,23,25)/t14-,16-/m1/s1. The topological polar surface area (TPSA) is 58.4 Å². The van der Waals surface area contributed by atoms with Crippen LogP contribution in [0.5, 0.6) is 0 Å². The van der Waals surface area contributed by atoms with Crippen molar-refractivity contribution in [3.05, 3.63) is 64.7 Å². The van der Waals surface area contributed by atoms with Crippen LogP contribution in [0, 0.1) is 0 Å². The molecule has 2 aliphatic rings. The molecular formula is C18H16F3N3O. The first kappa shape index (κ1) is 16.0. The predicted molar refractivity (Wildman–Crippen MR) is 87.0 cm³/mol. The first-order chi connectivity index (χ1) is 11.9. The second kappa shape index (κ2) is 5.49. The molecule has 7 heteroatoms. The van der Waals surface area contributed by atoms with E-state index in [9.17, 15) is 18.0 Å². The number of hydrogen-bond donors (Lipinski definition) is 2. The average Bonchev–Trinajstić information content (AvgIpc) is 2.59. The molecule has 3 N–H and O–H groups in total. The molecule has 130 valence electrons. The molecule has 0 saturated heterocycles. The van der Waals surface area contributed by atoms with Gasteiger partial charge in [0.05, 0.1) is 16.8 Å². The number of hydrogen-bond acceptors (Lipinski definition) is 3. The molecule has 2 atom stereocenters. The van der Waals surface area contributed by atoms with Gasteiger partial charge in [-0.3, -0.25) is 4.79 Å². The monoisotopic (exact) mass is 347 g/mol. The van der Waals surface area contributed by atoms with Crippen LogP contribution in [-0.2, 0) is 6.18 Å². The van der Waals surface area contributed by atoms with Gasteiger partial charge in [0.2, 0.25) is 0 Å². The van der Waals surface area contributed by atoms with Crippen molar-refractivity contribution >= 4 is 11.6 Å². The van der Waals surface area contributed by atoms with E-state index >= 15 is 0 Å². The van der Waals surface area contributed by atoms with Crippen LogP contribution in [0.2, 0.25) is 0 Å². The van der Waals surface area contributed by atoms with E-state index in [0.29, 0.717) is 24.1 Å². The fourth-order valence-corrected chi connectivity index (χ4v) is 3.57. The number of anilines is 1. The van der Waals surface area contributed by atoms with E-state index in [1.807, 2.05) is 11.0 Å². The SMILES string of the molecule is N[C@@H]1CCN2c3c(cccc31)C(=O)N[C@H]2c1ccc(C(F)(F)F)cc1.